The minimum atomic E-state index is -0.267. The molecule has 0 N–H and O–H groups in total. The molecule has 3 heterocycles. The van der Waals surface area contributed by atoms with Gasteiger partial charge in [-0.2, -0.15) is 0 Å². The summed E-state index contributed by atoms with van der Waals surface area (Å²) in [5.74, 6) is -0.267. The molecule has 1 saturated heterocycles. The van der Waals surface area contributed by atoms with Crippen molar-refractivity contribution >= 4 is 21.7 Å². The maximum atomic E-state index is 13.1. The molecule has 0 aliphatic carbocycles. The van der Waals surface area contributed by atoms with E-state index in [0.29, 0.717) is 6.54 Å². The summed E-state index contributed by atoms with van der Waals surface area (Å²) in [7, 11) is 0. The molecule has 0 unspecified atom stereocenters. The van der Waals surface area contributed by atoms with Crippen molar-refractivity contribution in [2.75, 3.05) is 19.6 Å². The Morgan fingerprint density at radius 1 is 0.759 bits per heavy atom. The second-order valence-corrected chi connectivity index (χ2v) is 7.89. The van der Waals surface area contributed by atoms with Gasteiger partial charge in [0.05, 0.1) is 6.54 Å². The molecule has 1 aliphatic heterocycles. The van der Waals surface area contributed by atoms with Gasteiger partial charge in [-0.15, -0.1) is 0 Å². The molecule has 4 aromatic rings. The lowest BCUT2D eigenvalue weighted by Gasteiger charge is -2.15. The highest BCUT2D eigenvalue weighted by atomic mass is 19.1. The highest BCUT2D eigenvalue weighted by molar-refractivity contribution is 6.06. The van der Waals surface area contributed by atoms with Gasteiger partial charge in [0.2, 0.25) is 0 Å². The van der Waals surface area contributed by atoms with Crippen molar-refractivity contribution in [3.05, 3.63) is 82.7 Å². The fraction of sp³-hybridized carbons (Fsp3) is 0.292. The number of aromatic nitrogens is 2. The van der Waals surface area contributed by atoms with Crippen LogP contribution in [0.4, 0.5) is 4.39 Å². The van der Waals surface area contributed by atoms with E-state index < -0.39 is 0 Å². The Bertz CT molecular complexity index is 1220. The van der Waals surface area contributed by atoms with Crippen molar-refractivity contribution < 1.29 is 4.39 Å². The molecule has 0 radical (unpaired) electrons. The van der Waals surface area contributed by atoms with E-state index in [1.54, 1.807) is 16.7 Å². The van der Waals surface area contributed by atoms with Gasteiger partial charge in [-0.05, 0) is 73.3 Å². The van der Waals surface area contributed by atoms with Crippen LogP contribution in [0, 0.1) is 5.82 Å². The molecule has 5 rings (SSSR count). The summed E-state index contributed by atoms with van der Waals surface area (Å²) in [4.78, 5) is 15.5. The highest BCUT2D eigenvalue weighted by Gasteiger charge is 2.13. The number of likely N-dealkylation sites (tertiary alicyclic amines) is 1. The molecule has 1 fully saturated rings. The lowest BCUT2D eigenvalue weighted by Crippen LogP contribution is -2.23. The van der Waals surface area contributed by atoms with Crippen molar-refractivity contribution in [3.8, 4) is 0 Å². The summed E-state index contributed by atoms with van der Waals surface area (Å²) in [5, 5.41) is 2.83. The first-order valence-corrected chi connectivity index (χ1v) is 10.3. The Labute approximate surface area is 168 Å². The third kappa shape index (κ3) is 3.47. The monoisotopic (exact) mass is 389 g/mol. The molecular weight excluding hydrogens is 365 g/mol. The molecule has 4 nitrogen and oxygen atoms in total. The first-order chi connectivity index (χ1) is 14.2. The molecule has 0 amide bonds. The Morgan fingerprint density at radius 2 is 1.48 bits per heavy atom. The van der Waals surface area contributed by atoms with Crippen LogP contribution in [-0.2, 0) is 13.1 Å². The van der Waals surface area contributed by atoms with Crippen molar-refractivity contribution in [2.24, 2.45) is 0 Å². The predicted molar refractivity (Wildman–Crippen MR) is 115 cm³/mol. The van der Waals surface area contributed by atoms with Crippen LogP contribution in [-0.4, -0.2) is 33.7 Å². The van der Waals surface area contributed by atoms with Crippen molar-refractivity contribution in [1.29, 1.82) is 0 Å². The van der Waals surface area contributed by atoms with E-state index in [-0.39, 0.29) is 11.4 Å². The van der Waals surface area contributed by atoms with Crippen LogP contribution in [0.15, 0.2) is 65.7 Å². The van der Waals surface area contributed by atoms with E-state index in [4.69, 9.17) is 0 Å². The molecular formula is C24H24FN3O. The van der Waals surface area contributed by atoms with E-state index in [9.17, 15) is 9.18 Å². The zero-order valence-corrected chi connectivity index (χ0v) is 16.4. The third-order valence-corrected chi connectivity index (χ3v) is 6.03. The van der Waals surface area contributed by atoms with Gasteiger partial charge in [0, 0.05) is 41.8 Å². The normalized spacial score (nSPS) is 14.9. The Hall–Kier alpha value is -2.92. The first kappa shape index (κ1) is 18.1. The molecule has 0 bridgehead atoms. The topological polar surface area (TPSA) is 30.2 Å². The fourth-order valence-corrected chi connectivity index (χ4v) is 4.41. The van der Waals surface area contributed by atoms with Crippen LogP contribution < -0.4 is 5.56 Å². The smallest absolute Gasteiger partial charge is 0.258 e. The number of nitrogens with zero attached hydrogens (tertiary/aromatic N) is 3. The number of halogens is 1. The summed E-state index contributed by atoms with van der Waals surface area (Å²) in [6.45, 7) is 4.88. The summed E-state index contributed by atoms with van der Waals surface area (Å²) >= 11 is 0. The molecule has 0 atom stereocenters. The van der Waals surface area contributed by atoms with Crippen LogP contribution in [0.5, 0.6) is 0 Å². The van der Waals surface area contributed by atoms with Crippen molar-refractivity contribution in [3.63, 3.8) is 0 Å². The van der Waals surface area contributed by atoms with Crippen molar-refractivity contribution in [2.45, 2.75) is 25.9 Å². The Balaban J connectivity index is 1.47. The van der Waals surface area contributed by atoms with Gasteiger partial charge >= 0.3 is 0 Å². The number of rotatable bonds is 5. The average molecular weight is 389 g/mol. The van der Waals surface area contributed by atoms with E-state index >= 15 is 0 Å². The van der Waals surface area contributed by atoms with Gasteiger partial charge in [-0.25, -0.2) is 4.39 Å². The van der Waals surface area contributed by atoms with Gasteiger partial charge < -0.3 is 14.0 Å². The van der Waals surface area contributed by atoms with E-state index in [1.807, 2.05) is 18.3 Å². The van der Waals surface area contributed by atoms with Gasteiger partial charge in [0.15, 0.2) is 0 Å². The summed E-state index contributed by atoms with van der Waals surface area (Å²) in [6, 6.07) is 14.4. The van der Waals surface area contributed by atoms with Crippen LogP contribution in [0.3, 0.4) is 0 Å². The van der Waals surface area contributed by atoms with Gasteiger partial charge in [-0.3, -0.25) is 4.79 Å². The minimum Gasteiger partial charge on any atom is -0.346 e. The van der Waals surface area contributed by atoms with Crippen LogP contribution in [0.1, 0.15) is 18.4 Å². The number of benzene rings is 2. The number of fused-ring (bicyclic) bond motifs is 3. The standard InChI is InChI=1S/C24H24FN3O/c25-19-5-3-18(4-6-19)17-28-14-9-20-21-10-13-27(16-15-26-11-1-2-12-26)23(21)8-7-22(20)24(28)29/h3-10,13-14H,1-2,11-12,15-17H2. The molecule has 148 valence electrons. The highest BCUT2D eigenvalue weighted by Crippen LogP contribution is 2.25. The maximum absolute atomic E-state index is 13.1. The number of pyridine rings is 1. The Kier molecular flexibility index (Phi) is 4.68. The quantitative estimate of drug-likeness (QED) is 0.511. The van der Waals surface area contributed by atoms with Gasteiger partial charge in [-0.1, -0.05) is 12.1 Å². The van der Waals surface area contributed by atoms with Gasteiger partial charge in [0.25, 0.3) is 5.56 Å². The molecule has 29 heavy (non-hydrogen) atoms. The molecule has 2 aromatic heterocycles. The zero-order valence-electron chi connectivity index (χ0n) is 16.4. The minimum absolute atomic E-state index is 0.0152. The van der Waals surface area contributed by atoms with Crippen LogP contribution >= 0.6 is 0 Å². The van der Waals surface area contributed by atoms with E-state index in [1.165, 1.54) is 43.6 Å². The predicted octanol–water partition coefficient (Wildman–Crippen LogP) is 4.24. The van der Waals surface area contributed by atoms with Crippen LogP contribution in [0.2, 0.25) is 0 Å². The fourth-order valence-electron chi connectivity index (χ4n) is 4.41. The SMILES string of the molecule is O=c1c2ccc3c(ccn3CCN3CCCC3)c2ccn1Cc1ccc(F)cc1. The molecule has 0 saturated carbocycles. The number of hydrogen-bond donors (Lipinski definition) is 0. The Morgan fingerprint density at radius 3 is 2.28 bits per heavy atom. The summed E-state index contributed by atoms with van der Waals surface area (Å²) in [5.41, 5.74) is 2.06. The third-order valence-electron chi connectivity index (χ3n) is 6.03. The van der Waals surface area contributed by atoms with E-state index in [2.05, 4.69) is 27.8 Å². The molecule has 1 aliphatic rings. The second kappa shape index (κ2) is 7.48. The average Bonchev–Trinajstić information content (AvgIpc) is 3.39. The molecule has 2 aromatic carbocycles. The molecule has 0 spiro atoms. The maximum Gasteiger partial charge on any atom is 0.258 e. The summed E-state index contributed by atoms with van der Waals surface area (Å²) in [6.07, 6.45) is 6.59. The van der Waals surface area contributed by atoms with Gasteiger partial charge in [0.1, 0.15) is 5.82 Å². The van der Waals surface area contributed by atoms with Crippen LogP contribution in [0.25, 0.3) is 21.7 Å². The lowest BCUT2D eigenvalue weighted by atomic mass is 10.1. The second-order valence-electron chi connectivity index (χ2n) is 7.89. The first-order valence-electron chi connectivity index (χ1n) is 10.3. The zero-order chi connectivity index (χ0) is 19.8. The van der Waals surface area contributed by atoms with E-state index in [0.717, 1.165) is 34.8 Å². The lowest BCUT2D eigenvalue weighted by molar-refractivity contribution is 0.324. The largest absolute Gasteiger partial charge is 0.346 e. The summed E-state index contributed by atoms with van der Waals surface area (Å²) < 4.78 is 17.1. The molecule has 5 heteroatoms. The van der Waals surface area contributed by atoms with Crippen molar-refractivity contribution in [1.82, 2.24) is 14.0 Å². The number of hydrogen-bond acceptors (Lipinski definition) is 2.